The third kappa shape index (κ3) is 0.735. The number of nitrogens with zero attached hydrogens (tertiary/aromatic N) is 3. The van der Waals surface area contributed by atoms with Crippen molar-refractivity contribution in [2.24, 2.45) is 0 Å². The molecule has 1 aromatic heterocycles. The van der Waals surface area contributed by atoms with Gasteiger partial charge in [0, 0.05) is 0 Å². The monoisotopic (exact) mass is 129 g/mol. The third-order valence-electron chi connectivity index (χ3n) is 0.873. The average molecular weight is 129 g/mol. The van der Waals surface area contributed by atoms with E-state index in [1.807, 2.05) is 0 Å². The highest BCUT2D eigenvalue weighted by Crippen LogP contribution is 2.03. The molecule has 0 amide bonds. The van der Waals surface area contributed by atoms with Crippen molar-refractivity contribution in [2.45, 2.75) is 0 Å². The SMILES string of the molecule is COc1nnc(N)n1N. The van der Waals surface area contributed by atoms with Crippen LogP contribution in [-0.4, -0.2) is 22.0 Å². The molecule has 0 aliphatic carbocycles. The van der Waals surface area contributed by atoms with Crippen LogP contribution >= 0.6 is 0 Å². The molecule has 1 heterocycles. The zero-order valence-corrected chi connectivity index (χ0v) is 4.90. The molecule has 0 fully saturated rings. The van der Waals surface area contributed by atoms with E-state index in [0.29, 0.717) is 0 Å². The summed E-state index contributed by atoms with van der Waals surface area (Å²) in [6.45, 7) is 0. The van der Waals surface area contributed by atoms with Crippen LogP contribution in [0.4, 0.5) is 5.95 Å². The van der Waals surface area contributed by atoms with Gasteiger partial charge in [0.15, 0.2) is 0 Å². The largest absolute Gasteiger partial charge is 0.466 e. The second kappa shape index (κ2) is 1.81. The predicted molar refractivity (Wildman–Crippen MR) is 31.1 cm³/mol. The Kier molecular flexibility index (Phi) is 1.14. The van der Waals surface area contributed by atoms with Gasteiger partial charge >= 0.3 is 6.01 Å². The van der Waals surface area contributed by atoms with Crippen molar-refractivity contribution in [2.75, 3.05) is 18.7 Å². The van der Waals surface area contributed by atoms with Crippen molar-refractivity contribution in [1.82, 2.24) is 14.9 Å². The minimum Gasteiger partial charge on any atom is -0.466 e. The van der Waals surface area contributed by atoms with Gasteiger partial charge in [-0.15, -0.1) is 5.10 Å². The van der Waals surface area contributed by atoms with E-state index in [1.165, 1.54) is 7.11 Å². The number of rotatable bonds is 1. The zero-order valence-electron chi connectivity index (χ0n) is 4.90. The van der Waals surface area contributed by atoms with Crippen LogP contribution in [0.25, 0.3) is 0 Å². The van der Waals surface area contributed by atoms with Crippen LogP contribution in [-0.2, 0) is 0 Å². The van der Waals surface area contributed by atoms with Crippen molar-refractivity contribution in [3.05, 3.63) is 0 Å². The lowest BCUT2D eigenvalue weighted by Gasteiger charge is -1.95. The molecule has 0 aliphatic heterocycles. The van der Waals surface area contributed by atoms with Gasteiger partial charge in [0.2, 0.25) is 5.95 Å². The molecule has 0 saturated heterocycles. The van der Waals surface area contributed by atoms with Gasteiger partial charge in [0.05, 0.1) is 7.11 Å². The number of nitrogens with two attached hydrogens (primary N) is 2. The first kappa shape index (κ1) is 5.67. The van der Waals surface area contributed by atoms with E-state index in [-0.39, 0.29) is 12.0 Å². The molecule has 0 aromatic carbocycles. The molecule has 4 N–H and O–H groups in total. The van der Waals surface area contributed by atoms with Gasteiger partial charge in [0.1, 0.15) is 0 Å². The first-order chi connectivity index (χ1) is 4.25. The van der Waals surface area contributed by atoms with Crippen LogP contribution in [0.15, 0.2) is 0 Å². The Morgan fingerprint density at radius 2 is 2.22 bits per heavy atom. The molecule has 0 radical (unpaired) electrons. The number of nitrogen functional groups attached to an aromatic ring is 2. The Morgan fingerprint density at radius 1 is 1.56 bits per heavy atom. The predicted octanol–water partition coefficient (Wildman–Crippen LogP) is -1.42. The van der Waals surface area contributed by atoms with Gasteiger partial charge in [-0.2, -0.15) is 4.68 Å². The van der Waals surface area contributed by atoms with Crippen LogP contribution in [0.1, 0.15) is 0 Å². The quantitative estimate of drug-likeness (QED) is 0.454. The summed E-state index contributed by atoms with van der Waals surface area (Å²) >= 11 is 0. The molecule has 0 atom stereocenters. The zero-order chi connectivity index (χ0) is 6.85. The summed E-state index contributed by atoms with van der Waals surface area (Å²) < 4.78 is 5.71. The average Bonchev–Trinajstić information content (AvgIpc) is 2.15. The Balaban J connectivity index is 3.04. The molecule has 50 valence electrons. The van der Waals surface area contributed by atoms with E-state index >= 15 is 0 Å². The molecule has 0 unspecified atom stereocenters. The minimum atomic E-state index is 0.131. The molecule has 0 spiro atoms. The summed E-state index contributed by atoms with van der Waals surface area (Å²) in [5.74, 6) is 5.39. The highest BCUT2D eigenvalue weighted by molar-refractivity contribution is 5.19. The van der Waals surface area contributed by atoms with Crippen LogP contribution in [0.3, 0.4) is 0 Å². The van der Waals surface area contributed by atoms with Crippen molar-refractivity contribution >= 4 is 5.95 Å². The lowest BCUT2D eigenvalue weighted by molar-refractivity contribution is 0.369. The number of anilines is 1. The summed E-state index contributed by atoms with van der Waals surface area (Å²) in [5, 5.41) is 6.90. The smallest absolute Gasteiger partial charge is 0.337 e. The fourth-order valence-corrected chi connectivity index (χ4v) is 0.428. The molecule has 6 heteroatoms. The Hall–Kier alpha value is -1.46. The van der Waals surface area contributed by atoms with Gasteiger partial charge in [0.25, 0.3) is 0 Å². The highest BCUT2D eigenvalue weighted by Gasteiger charge is 2.03. The molecule has 1 aromatic rings. The lowest BCUT2D eigenvalue weighted by atomic mass is 11.0. The summed E-state index contributed by atoms with van der Waals surface area (Å²) in [6, 6.07) is 0.201. The fourth-order valence-electron chi connectivity index (χ4n) is 0.428. The Morgan fingerprint density at radius 3 is 2.44 bits per heavy atom. The normalized spacial score (nSPS) is 9.44. The second-order valence-corrected chi connectivity index (χ2v) is 1.41. The maximum absolute atomic E-state index is 5.25. The van der Waals surface area contributed by atoms with Crippen molar-refractivity contribution < 1.29 is 4.74 Å². The van der Waals surface area contributed by atoms with Gasteiger partial charge in [-0.1, -0.05) is 5.10 Å². The van der Waals surface area contributed by atoms with Crippen LogP contribution in [0.2, 0.25) is 0 Å². The lowest BCUT2D eigenvalue weighted by Crippen LogP contribution is -2.13. The Bertz CT molecular complexity index is 206. The van der Waals surface area contributed by atoms with Crippen molar-refractivity contribution in [3.8, 4) is 6.01 Å². The van der Waals surface area contributed by atoms with Crippen LogP contribution in [0, 0.1) is 0 Å². The van der Waals surface area contributed by atoms with Gasteiger partial charge in [-0.3, -0.25) is 0 Å². The standard InChI is InChI=1S/C3H7N5O/c1-9-3-7-6-2(4)8(3)5/h5H2,1H3,(H2,4,6). The molecule has 0 saturated carbocycles. The molecule has 6 nitrogen and oxygen atoms in total. The summed E-state index contributed by atoms with van der Waals surface area (Å²) in [6.07, 6.45) is 0. The number of aromatic nitrogens is 3. The summed E-state index contributed by atoms with van der Waals surface area (Å²) in [4.78, 5) is 0. The van der Waals surface area contributed by atoms with Crippen molar-refractivity contribution in [1.29, 1.82) is 0 Å². The maximum Gasteiger partial charge on any atom is 0.337 e. The first-order valence-corrected chi connectivity index (χ1v) is 2.25. The molecular weight excluding hydrogens is 122 g/mol. The van der Waals surface area contributed by atoms with Crippen LogP contribution < -0.4 is 16.3 Å². The number of hydrogen-bond acceptors (Lipinski definition) is 5. The van der Waals surface area contributed by atoms with Gasteiger partial charge in [-0.05, 0) is 0 Å². The fraction of sp³-hybridized carbons (Fsp3) is 0.333. The third-order valence-corrected chi connectivity index (χ3v) is 0.873. The number of hydrogen-bond donors (Lipinski definition) is 2. The molecule has 9 heavy (non-hydrogen) atoms. The number of methoxy groups -OCH3 is 1. The van der Waals surface area contributed by atoms with E-state index in [1.54, 1.807) is 0 Å². The minimum absolute atomic E-state index is 0.131. The molecule has 1 rings (SSSR count). The van der Waals surface area contributed by atoms with E-state index in [2.05, 4.69) is 14.9 Å². The van der Waals surface area contributed by atoms with Gasteiger partial charge < -0.3 is 16.3 Å². The summed E-state index contributed by atoms with van der Waals surface area (Å²) in [5.41, 5.74) is 5.20. The molecule has 0 bridgehead atoms. The van der Waals surface area contributed by atoms with Gasteiger partial charge in [-0.25, -0.2) is 0 Å². The Labute approximate surface area is 51.4 Å². The second-order valence-electron chi connectivity index (χ2n) is 1.41. The van der Waals surface area contributed by atoms with Crippen LogP contribution in [0.5, 0.6) is 6.01 Å². The van der Waals surface area contributed by atoms with E-state index in [9.17, 15) is 0 Å². The van der Waals surface area contributed by atoms with E-state index in [0.717, 1.165) is 4.68 Å². The maximum atomic E-state index is 5.25. The number of ether oxygens (including phenoxy) is 1. The molecule has 0 aliphatic rings. The van der Waals surface area contributed by atoms with Crippen molar-refractivity contribution in [3.63, 3.8) is 0 Å². The highest BCUT2D eigenvalue weighted by atomic mass is 16.5. The first-order valence-electron chi connectivity index (χ1n) is 2.25. The topological polar surface area (TPSA) is 92.0 Å². The summed E-state index contributed by atoms with van der Waals surface area (Å²) in [7, 11) is 1.44. The van der Waals surface area contributed by atoms with E-state index in [4.69, 9.17) is 11.6 Å². The molecular formula is C3H7N5O. The van der Waals surface area contributed by atoms with E-state index < -0.39 is 0 Å².